The second-order valence-electron chi connectivity index (χ2n) is 8.11. The van der Waals surface area contributed by atoms with Crippen LogP contribution >= 0.6 is 0 Å². The molecule has 3 fully saturated rings. The molecule has 0 bridgehead atoms. The fourth-order valence-electron chi connectivity index (χ4n) is 4.07. The van der Waals surface area contributed by atoms with Gasteiger partial charge in [0.1, 0.15) is 6.04 Å². The topological polar surface area (TPSA) is 49.4 Å². The number of nitrogens with one attached hydrogen (secondary N) is 1. The van der Waals surface area contributed by atoms with E-state index in [1.165, 1.54) is 24.0 Å². The summed E-state index contributed by atoms with van der Waals surface area (Å²) >= 11 is 0. The quantitative estimate of drug-likeness (QED) is 0.866. The number of likely N-dealkylation sites (tertiary alicyclic amines) is 1. The Morgan fingerprint density at radius 1 is 1.20 bits per heavy atom. The van der Waals surface area contributed by atoms with E-state index in [1.54, 1.807) is 0 Å². The van der Waals surface area contributed by atoms with E-state index in [0.717, 1.165) is 38.6 Å². The second kappa shape index (κ2) is 6.81. The van der Waals surface area contributed by atoms with Gasteiger partial charge >= 0.3 is 0 Å². The lowest BCUT2D eigenvalue weighted by Crippen LogP contribution is -2.50. The van der Waals surface area contributed by atoms with E-state index in [4.69, 9.17) is 0 Å². The van der Waals surface area contributed by atoms with Crippen molar-refractivity contribution in [3.8, 4) is 0 Å². The van der Waals surface area contributed by atoms with Gasteiger partial charge in [0.05, 0.1) is 0 Å². The molecule has 0 radical (unpaired) electrons. The molecule has 2 amide bonds. The SMILES string of the molecule is Cc1cccc(C[C@@H](NC(=O)[C@@H]2CCCN2C(=O)C2CC2)C2CC2)c1. The molecule has 4 rings (SSSR count). The molecule has 1 heterocycles. The molecule has 0 unspecified atom stereocenters. The van der Waals surface area contributed by atoms with Crippen LogP contribution in [0.15, 0.2) is 24.3 Å². The van der Waals surface area contributed by atoms with Gasteiger partial charge in [-0.3, -0.25) is 9.59 Å². The maximum atomic E-state index is 12.9. The molecule has 25 heavy (non-hydrogen) atoms. The van der Waals surface area contributed by atoms with Gasteiger partial charge in [0.25, 0.3) is 0 Å². The van der Waals surface area contributed by atoms with E-state index < -0.39 is 0 Å². The molecular formula is C21H28N2O2. The number of carbonyl (C=O) groups is 2. The van der Waals surface area contributed by atoms with Crippen molar-refractivity contribution < 1.29 is 9.59 Å². The van der Waals surface area contributed by atoms with Gasteiger partial charge < -0.3 is 10.2 Å². The second-order valence-corrected chi connectivity index (χ2v) is 8.11. The van der Waals surface area contributed by atoms with Gasteiger partial charge in [0, 0.05) is 18.5 Å². The summed E-state index contributed by atoms with van der Waals surface area (Å²) in [5, 5.41) is 3.30. The number of nitrogens with zero attached hydrogens (tertiary/aromatic N) is 1. The molecule has 1 saturated heterocycles. The molecule has 1 aromatic carbocycles. The zero-order valence-corrected chi connectivity index (χ0v) is 15.0. The monoisotopic (exact) mass is 340 g/mol. The van der Waals surface area contributed by atoms with Crippen LogP contribution in [0.4, 0.5) is 0 Å². The number of amides is 2. The summed E-state index contributed by atoms with van der Waals surface area (Å²) in [6, 6.07) is 8.50. The van der Waals surface area contributed by atoms with Crippen molar-refractivity contribution in [2.75, 3.05) is 6.54 Å². The fraction of sp³-hybridized carbons (Fsp3) is 0.619. The minimum absolute atomic E-state index is 0.0658. The van der Waals surface area contributed by atoms with Crippen LogP contribution in [0.2, 0.25) is 0 Å². The van der Waals surface area contributed by atoms with Crippen molar-refractivity contribution in [2.45, 2.75) is 64.0 Å². The van der Waals surface area contributed by atoms with Gasteiger partial charge in [0.2, 0.25) is 11.8 Å². The van der Waals surface area contributed by atoms with Crippen molar-refractivity contribution in [3.63, 3.8) is 0 Å². The van der Waals surface area contributed by atoms with E-state index >= 15 is 0 Å². The van der Waals surface area contributed by atoms with Crippen LogP contribution < -0.4 is 5.32 Å². The van der Waals surface area contributed by atoms with Crippen LogP contribution in [0, 0.1) is 18.8 Å². The lowest BCUT2D eigenvalue weighted by atomic mass is 10.00. The van der Waals surface area contributed by atoms with Gasteiger partial charge in [-0.15, -0.1) is 0 Å². The van der Waals surface area contributed by atoms with Crippen molar-refractivity contribution in [1.82, 2.24) is 10.2 Å². The number of carbonyl (C=O) groups excluding carboxylic acids is 2. The van der Waals surface area contributed by atoms with Crippen LogP contribution in [0.5, 0.6) is 0 Å². The molecule has 3 aliphatic rings. The maximum absolute atomic E-state index is 12.9. The van der Waals surface area contributed by atoms with Crippen molar-refractivity contribution in [2.24, 2.45) is 11.8 Å². The molecular weight excluding hydrogens is 312 g/mol. The lowest BCUT2D eigenvalue weighted by Gasteiger charge is -2.27. The minimum Gasteiger partial charge on any atom is -0.351 e. The summed E-state index contributed by atoms with van der Waals surface area (Å²) in [7, 11) is 0. The van der Waals surface area contributed by atoms with Gasteiger partial charge in [-0.05, 0) is 63.4 Å². The van der Waals surface area contributed by atoms with E-state index in [9.17, 15) is 9.59 Å². The number of benzene rings is 1. The summed E-state index contributed by atoms with van der Waals surface area (Å²) in [4.78, 5) is 27.2. The Kier molecular flexibility index (Phi) is 4.53. The first kappa shape index (κ1) is 16.6. The predicted octanol–water partition coefficient (Wildman–Crippen LogP) is 2.83. The molecule has 2 aliphatic carbocycles. The molecule has 134 valence electrons. The fourth-order valence-corrected chi connectivity index (χ4v) is 4.07. The largest absolute Gasteiger partial charge is 0.351 e. The van der Waals surface area contributed by atoms with E-state index in [-0.39, 0.29) is 29.8 Å². The van der Waals surface area contributed by atoms with Crippen LogP contribution in [0.1, 0.15) is 49.7 Å². The van der Waals surface area contributed by atoms with Gasteiger partial charge in [-0.25, -0.2) is 0 Å². The zero-order valence-electron chi connectivity index (χ0n) is 15.0. The first-order valence-electron chi connectivity index (χ1n) is 9.78. The molecule has 4 nitrogen and oxygen atoms in total. The highest BCUT2D eigenvalue weighted by atomic mass is 16.2. The average Bonchev–Trinajstić information content (AvgIpc) is 3.50. The van der Waals surface area contributed by atoms with E-state index in [0.29, 0.717) is 5.92 Å². The summed E-state index contributed by atoms with van der Waals surface area (Å²) in [5.41, 5.74) is 2.55. The van der Waals surface area contributed by atoms with Crippen LogP contribution in [-0.4, -0.2) is 35.3 Å². The number of hydrogen-bond donors (Lipinski definition) is 1. The number of aryl methyl sites for hydroxylation is 1. The molecule has 1 aliphatic heterocycles. The predicted molar refractivity (Wildman–Crippen MR) is 97.0 cm³/mol. The average molecular weight is 340 g/mol. The van der Waals surface area contributed by atoms with Gasteiger partial charge in [-0.2, -0.15) is 0 Å². The van der Waals surface area contributed by atoms with Crippen LogP contribution in [0.3, 0.4) is 0 Å². The summed E-state index contributed by atoms with van der Waals surface area (Å²) in [6.45, 7) is 2.85. The Morgan fingerprint density at radius 3 is 2.68 bits per heavy atom. The Hall–Kier alpha value is -1.84. The van der Waals surface area contributed by atoms with Crippen LogP contribution in [-0.2, 0) is 16.0 Å². The maximum Gasteiger partial charge on any atom is 0.243 e. The first-order valence-corrected chi connectivity index (χ1v) is 9.78. The zero-order chi connectivity index (χ0) is 17.4. The Morgan fingerprint density at radius 2 is 2.00 bits per heavy atom. The van der Waals surface area contributed by atoms with Crippen molar-refractivity contribution >= 4 is 11.8 Å². The third-order valence-corrected chi connectivity index (χ3v) is 5.82. The minimum atomic E-state index is -0.244. The smallest absolute Gasteiger partial charge is 0.243 e. The normalized spacial score (nSPS) is 24.2. The first-order chi connectivity index (χ1) is 12.1. The standard InChI is InChI=1S/C21H28N2O2/c1-14-4-2-5-15(12-14)13-18(16-7-8-16)22-20(24)19-6-3-11-23(19)21(25)17-9-10-17/h2,4-5,12,16-19H,3,6-11,13H2,1H3,(H,22,24)/t18-,19+/m1/s1. The highest BCUT2D eigenvalue weighted by Gasteiger charge is 2.42. The number of rotatable bonds is 6. The van der Waals surface area contributed by atoms with Gasteiger partial charge in [0.15, 0.2) is 0 Å². The Labute approximate surface area is 150 Å². The molecule has 2 saturated carbocycles. The highest BCUT2D eigenvalue weighted by Crippen LogP contribution is 2.36. The Balaban J connectivity index is 1.41. The summed E-state index contributed by atoms with van der Waals surface area (Å²) < 4.78 is 0. The van der Waals surface area contributed by atoms with Crippen molar-refractivity contribution in [1.29, 1.82) is 0 Å². The third kappa shape index (κ3) is 3.88. The Bertz CT molecular complexity index is 664. The summed E-state index contributed by atoms with van der Waals surface area (Å²) in [5.74, 6) is 1.06. The molecule has 1 N–H and O–H groups in total. The lowest BCUT2D eigenvalue weighted by molar-refractivity contribution is -0.139. The van der Waals surface area contributed by atoms with Gasteiger partial charge in [-0.1, -0.05) is 29.8 Å². The number of hydrogen-bond acceptors (Lipinski definition) is 2. The van der Waals surface area contributed by atoms with E-state index in [2.05, 4.69) is 36.5 Å². The summed E-state index contributed by atoms with van der Waals surface area (Å²) in [6.07, 6.45) is 7.05. The molecule has 4 heteroatoms. The highest BCUT2D eigenvalue weighted by molar-refractivity contribution is 5.90. The third-order valence-electron chi connectivity index (χ3n) is 5.82. The van der Waals surface area contributed by atoms with Crippen molar-refractivity contribution in [3.05, 3.63) is 35.4 Å². The molecule has 1 aromatic rings. The van der Waals surface area contributed by atoms with Crippen LogP contribution in [0.25, 0.3) is 0 Å². The molecule has 0 aromatic heterocycles. The van der Waals surface area contributed by atoms with E-state index in [1.807, 2.05) is 4.90 Å². The molecule has 0 spiro atoms. The molecule has 2 atom stereocenters.